The number of amides is 1. The van der Waals surface area contributed by atoms with Crippen molar-refractivity contribution in [3.8, 4) is 0 Å². The summed E-state index contributed by atoms with van der Waals surface area (Å²) < 4.78 is 5.11. The van der Waals surface area contributed by atoms with E-state index in [1.165, 1.54) is 0 Å². The molecule has 1 amide bonds. The molecule has 1 rings (SSSR count). The number of carbonyl (C=O) groups is 2. The minimum atomic E-state index is -0.524. The molecule has 1 atom stereocenters. The Morgan fingerprint density at radius 1 is 1.53 bits per heavy atom. The first-order chi connectivity index (χ1) is 7.15. The van der Waals surface area contributed by atoms with Crippen molar-refractivity contribution < 1.29 is 14.3 Å². The third-order valence-electron chi connectivity index (χ3n) is 2.64. The molecule has 15 heavy (non-hydrogen) atoms. The summed E-state index contributed by atoms with van der Waals surface area (Å²) in [4.78, 5) is 24.4. The van der Waals surface area contributed by atoms with Crippen LogP contribution < -0.4 is 0 Å². The van der Waals surface area contributed by atoms with Gasteiger partial charge in [-0.2, -0.15) is 0 Å². The minimum Gasteiger partial charge on any atom is -0.452 e. The Labute approximate surface area is 90.6 Å². The molecule has 0 aromatic rings. The summed E-state index contributed by atoms with van der Waals surface area (Å²) in [6.45, 7) is 2.77. The van der Waals surface area contributed by atoms with Gasteiger partial charge in [-0.25, -0.2) is 0 Å². The monoisotopic (exact) mass is 213 g/mol. The van der Waals surface area contributed by atoms with Gasteiger partial charge in [0.1, 0.15) is 0 Å². The van der Waals surface area contributed by atoms with Crippen LogP contribution in [0, 0.1) is 0 Å². The molecule has 0 aromatic carbocycles. The van der Waals surface area contributed by atoms with E-state index in [-0.39, 0.29) is 11.9 Å². The zero-order valence-corrected chi connectivity index (χ0v) is 9.49. The van der Waals surface area contributed by atoms with Crippen molar-refractivity contribution in [3.63, 3.8) is 0 Å². The van der Waals surface area contributed by atoms with Crippen molar-refractivity contribution in [1.29, 1.82) is 0 Å². The third-order valence-corrected chi connectivity index (χ3v) is 2.64. The lowest BCUT2D eigenvalue weighted by Crippen LogP contribution is -2.29. The van der Waals surface area contributed by atoms with Crippen LogP contribution in [0.5, 0.6) is 0 Å². The topological polar surface area (TPSA) is 46.6 Å². The number of rotatable bonds is 5. The number of unbranched alkanes of at least 4 members (excludes halogenated alkanes) is 2. The average molecular weight is 213 g/mol. The van der Waals surface area contributed by atoms with Gasteiger partial charge in [0.2, 0.25) is 0 Å². The molecule has 1 aliphatic rings. The van der Waals surface area contributed by atoms with Crippen LogP contribution in [-0.2, 0) is 14.3 Å². The molecule has 1 fully saturated rings. The lowest BCUT2D eigenvalue weighted by atomic mass is 10.2. The highest BCUT2D eigenvalue weighted by Gasteiger charge is 2.31. The fourth-order valence-corrected chi connectivity index (χ4v) is 1.64. The normalized spacial score (nSPS) is 20.8. The van der Waals surface area contributed by atoms with Crippen molar-refractivity contribution in [2.45, 2.75) is 45.1 Å². The lowest BCUT2D eigenvalue weighted by molar-refractivity contribution is -0.156. The average Bonchev–Trinajstić information content (AvgIpc) is 2.50. The molecule has 0 aromatic heterocycles. The highest BCUT2D eigenvalue weighted by atomic mass is 16.5. The van der Waals surface area contributed by atoms with Gasteiger partial charge < -0.3 is 9.64 Å². The highest BCUT2D eigenvalue weighted by molar-refractivity contribution is 5.85. The fourth-order valence-electron chi connectivity index (χ4n) is 1.64. The molecule has 0 N–H and O–H groups in total. The number of likely N-dealkylation sites (tertiary alicyclic amines) is 1. The van der Waals surface area contributed by atoms with Gasteiger partial charge in [0.15, 0.2) is 6.10 Å². The van der Waals surface area contributed by atoms with Gasteiger partial charge in [-0.3, -0.25) is 9.59 Å². The quantitative estimate of drug-likeness (QED) is 0.511. The van der Waals surface area contributed by atoms with Crippen LogP contribution in [0.3, 0.4) is 0 Å². The Morgan fingerprint density at radius 2 is 2.27 bits per heavy atom. The summed E-state index contributed by atoms with van der Waals surface area (Å²) >= 11 is 0. The van der Waals surface area contributed by atoms with Crippen LogP contribution in [0.2, 0.25) is 0 Å². The molecular formula is C11H19NO3. The van der Waals surface area contributed by atoms with E-state index in [0.29, 0.717) is 19.4 Å². The molecule has 86 valence electrons. The largest absolute Gasteiger partial charge is 0.452 e. The number of hydrogen-bond acceptors (Lipinski definition) is 3. The van der Waals surface area contributed by atoms with Gasteiger partial charge in [0.05, 0.1) is 0 Å². The summed E-state index contributed by atoms with van der Waals surface area (Å²) in [7, 11) is 1.73. The van der Waals surface area contributed by atoms with Crippen molar-refractivity contribution in [3.05, 3.63) is 0 Å². The molecule has 0 spiro atoms. The molecule has 4 heteroatoms. The van der Waals surface area contributed by atoms with E-state index in [9.17, 15) is 9.59 Å². The first kappa shape index (κ1) is 12.0. The van der Waals surface area contributed by atoms with E-state index < -0.39 is 6.10 Å². The summed E-state index contributed by atoms with van der Waals surface area (Å²) in [6, 6.07) is 0. The van der Waals surface area contributed by atoms with Crippen LogP contribution in [-0.4, -0.2) is 36.5 Å². The second-order valence-corrected chi connectivity index (χ2v) is 3.98. The van der Waals surface area contributed by atoms with Crippen LogP contribution in [0.15, 0.2) is 0 Å². The van der Waals surface area contributed by atoms with E-state index in [1.807, 2.05) is 0 Å². The first-order valence-electron chi connectivity index (χ1n) is 5.59. The Balaban J connectivity index is 2.23. The minimum absolute atomic E-state index is 0.0705. The van der Waals surface area contributed by atoms with Crippen molar-refractivity contribution in [2.75, 3.05) is 13.6 Å². The third kappa shape index (κ3) is 3.53. The molecule has 4 nitrogen and oxygen atoms in total. The maximum atomic E-state index is 11.4. The molecule has 0 saturated carbocycles. The number of esters is 1. The smallest absolute Gasteiger partial charge is 0.306 e. The molecule has 0 bridgehead atoms. The van der Waals surface area contributed by atoms with Crippen LogP contribution in [0.4, 0.5) is 0 Å². The number of nitrogens with zero attached hydrogens (tertiary/aromatic N) is 1. The molecular weight excluding hydrogens is 194 g/mol. The maximum absolute atomic E-state index is 11.4. The number of likely N-dealkylation sites (N-methyl/N-ethyl adjacent to an activating group) is 1. The highest BCUT2D eigenvalue weighted by Crippen LogP contribution is 2.13. The fraction of sp³-hybridized carbons (Fsp3) is 0.818. The standard InChI is InChI=1S/C11H19NO3/c1-3-4-5-6-10(13)15-9-7-8-12(2)11(9)14/h9H,3-8H2,1-2H3. The van der Waals surface area contributed by atoms with E-state index in [4.69, 9.17) is 4.74 Å². The van der Waals surface area contributed by atoms with Crippen LogP contribution in [0.25, 0.3) is 0 Å². The summed E-state index contributed by atoms with van der Waals surface area (Å²) in [5.41, 5.74) is 0. The second kappa shape index (κ2) is 5.73. The second-order valence-electron chi connectivity index (χ2n) is 3.98. The van der Waals surface area contributed by atoms with Crippen molar-refractivity contribution >= 4 is 11.9 Å². The van der Waals surface area contributed by atoms with Crippen LogP contribution in [0.1, 0.15) is 39.0 Å². The number of hydrogen-bond donors (Lipinski definition) is 0. The first-order valence-corrected chi connectivity index (χ1v) is 5.59. The Bertz CT molecular complexity index is 240. The van der Waals surface area contributed by atoms with E-state index in [1.54, 1.807) is 11.9 Å². The zero-order chi connectivity index (χ0) is 11.3. The Morgan fingerprint density at radius 3 is 2.80 bits per heavy atom. The lowest BCUT2D eigenvalue weighted by Gasteiger charge is -2.11. The molecule has 1 saturated heterocycles. The van der Waals surface area contributed by atoms with Crippen molar-refractivity contribution in [1.82, 2.24) is 4.90 Å². The van der Waals surface area contributed by atoms with Gasteiger partial charge in [-0.15, -0.1) is 0 Å². The van der Waals surface area contributed by atoms with E-state index in [0.717, 1.165) is 19.3 Å². The summed E-state index contributed by atoms with van der Waals surface area (Å²) in [6.07, 6.45) is 3.51. The molecule has 1 unspecified atom stereocenters. The predicted molar refractivity (Wildman–Crippen MR) is 56.3 cm³/mol. The Hall–Kier alpha value is -1.06. The molecule has 1 aliphatic heterocycles. The number of carbonyl (C=O) groups excluding carboxylic acids is 2. The van der Waals surface area contributed by atoms with Gasteiger partial charge in [0, 0.05) is 26.4 Å². The Kier molecular flexibility index (Phi) is 4.59. The van der Waals surface area contributed by atoms with E-state index >= 15 is 0 Å². The SMILES string of the molecule is CCCCCC(=O)OC1CCN(C)C1=O. The van der Waals surface area contributed by atoms with Crippen molar-refractivity contribution in [2.24, 2.45) is 0 Å². The predicted octanol–water partition coefficient (Wildman–Crippen LogP) is 1.34. The zero-order valence-electron chi connectivity index (χ0n) is 9.49. The molecule has 1 heterocycles. The maximum Gasteiger partial charge on any atom is 0.306 e. The van der Waals surface area contributed by atoms with Gasteiger partial charge in [0.25, 0.3) is 5.91 Å². The van der Waals surface area contributed by atoms with E-state index in [2.05, 4.69) is 6.92 Å². The summed E-state index contributed by atoms with van der Waals surface area (Å²) in [5.74, 6) is -0.309. The summed E-state index contributed by atoms with van der Waals surface area (Å²) in [5, 5.41) is 0. The van der Waals surface area contributed by atoms with Gasteiger partial charge in [-0.1, -0.05) is 19.8 Å². The van der Waals surface area contributed by atoms with Gasteiger partial charge >= 0.3 is 5.97 Å². The molecule has 0 aliphatic carbocycles. The molecule has 0 radical (unpaired) electrons. The van der Waals surface area contributed by atoms with Gasteiger partial charge in [-0.05, 0) is 6.42 Å². The number of ether oxygens (including phenoxy) is 1. The van der Waals surface area contributed by atoms with Crippen LogP contribution >= 0.6 is 0 Å².